The van der Waals surface area contributed by atoms with Gasteiger partial charge in [-0.15, -0.1) is 10.2 Å². The topological polar surface area (TPSA) is 114 Å². The van der Waals surface area contributed by atoms with Gasteiger partial charge < -0.3 is 5.32 Å². The highest BCUT2D eigenvalue weighted by Crippen LogP contribution is 2.38. The molecule has 0 spiro atoms. The highest BCUT2D eigenvalue weighted by Gasteiger charge is 2.38. The minimum Gasteiger partial charge on any atom is -0.301 e. The fraction of sp³-hybridized carbons (Fsp3) is 0.182. The van der Waals surface area contributed by atoms with Gasteiger partial charge in [-0.2, -0.15) is 36.7 Å². The molecule has 2 N–H and O–H groups in total. The maximum Gasteiger partial charge on any atom is 0.416 e. The minimum absolute atomic E-state index is 0.107. The number of amidine groups is 1. The number of carbonyl (C=O) groups excluding carboxylic acids is 1. The van der Waals surface area contributed by atoms with Gasteiger partial charge in [-0.3, -0.25) is 14.5 Å². The molecule has 1 amide bonds. The first-order valence-electron chi connectivity index (χ1n) is 10.7. The van der Waals surface area contributed by atoms with Crippen LogP contribution in [0.5, 0.6) is 0 Å². The summed E-state index contributed by atoms with van der Waals surface area (Å²) >= 11 is 1.11. The quantitative estimate of drug-likeness (QED) is 0.280. The first-order valence-corrected chi connectivity index (χ1v) is 11.5. The van der Waals surface area contributed by atoms with Crippen LogP contribution in [0.4, 0.5) is 26.3 Å². The van der Waals surface area contributed by atoms with E-state index in [1.165, 1.54) is 10.9 Å². The lowest BCUT2D eigenvalue weighted by Crippen LogP contribution is -2.19. The van der Waals surface area contributed by atoms with E-state index in [9.17, 15) is 31.1 Å². The molecule has 2 aromatic heterocycles. The third kappa shape index (κ3) is 5.39. The van der Waals surface area contributed by atoms with E-state index in [0.29, 0.717) is 38.4 Å². The van der Waals surface area contributed by atoms with Crippen molar-refractivity contribution in [3.63, 3.8) is 0 Å². The summed E-state index contributed by atoms with van der Waals surface area (Å²) in [5.74, 6) is -0.00877. The number of hydrogen-bond acceptors (Lipinski definition) is 7. The number of rotatable bonds is 5. The molecule has 38 heavy (non-hydrogen) atoms. The van der Waals surface area contributed by atoms with Crippen LogP contribution in [-0.4, -0.2) is 41.5 Å². The molecule has 1 fully saturated rings. The van der Waals surface area contributed by atoms with Crippen LogP contribution in [0, 0.1) is 0 Å². The average Bonchev–Trinajstić information content (AvgIpc) is 3.58. The molecule has 3 heterocycles. The third-order valence-electron chi connectivity index (χ3n) is 5.43. The van der Waals surface area contributed by atoms with E-state index in [2.05, 4.69) is 36.0 Å². The Hall–Kier alpha value is -4.21. The number of nitrogens with one attached hydrogen (secondary N) is 2. The Morgan fingerprint density at radius 3 is 2.58 bits per heavy atom. The first kappa shape index (κ1) is 25.4. The molecular weight excluding hydrogens is 538 g/mol. The number of hydrogen-bond donors (Lipinski definition) is 2. The fourth-order valence-corrected chi connectivity index (χ4v) is 4.50. The van der Waals surface area contributed by atoms with Gasteiger partial charge in [0.1, 0.15) is 6.54 Å². The molecule has 0 unspecified atom stereocenters. The predicted octanol–water partition coefficient (Wildman–Crippen LogP) is 4.40. The zero-order chi connectivity index (χ0) is 27.1. The Bertz CT molecular complexity index is 1570. The van der Waals surface area contributed by atoms with Gasteiger partial charge in [-0.1, -0.05) is 17.3 Å². The summed E-state index contributed by atoms with van der Waals surface area (Å²) in [7, 11) is 0. The number of aromatic nitrogens is 6. The highest BCUT2D eigenvalue weighted by atomic mass is 32.2. The summed E-state index contributed by atoms with van der Waals surface area (Å²) in [4.78, 5) is 16.9. The van der Waals surface area contributed by atoms with Crippen LogP contribution < -0.4 is 5.32 Å². The molecule has 2 aromatic carbocycles. The number of fused-ring (bicyclic) bond motifs is 1. The molecule has 1 aliphatic rings. The second-order valence-corrected chi connectivity index (χ2v) is 9.03. The standard InChI is InChI=1S/C22H14F6N8OS/c23-21(24,25)14-3-2-12(15(7-14)22(26,27)28)10-36-16-4-1-11(5-13(16)8-30-36)6-17-19(37)31-20(38-17)29-9-18-32-34-35-33-18/h1-8H,9-10H2,(H,29,31,37)(H,32,33,34,35)/b17-6-. The molecule has 0 saturated carbocycles. The molecular formula is C22H14F6N8OS. The van der Waals surface area contributed by atoms with Gasteiger partial charge in [0, 0.05) is 5.39 Å². The number of halogens is 6. The van der Waals surface area contributed by atoms with Gasteiger partial charge in [0.05, 0.1) is 34.3 Å². The van der Waals surface area contributed by atoms with Crippen molar-refractivity contribution < 1.29 is 31.1 Å². The number of nitrogens with zero attached hydrogens (tertiary/aromatic N) is 6. The van der Waals surface area contributed by atoms with E-state index in [1.807, 2.05) is 0 Å². The normalized spacial score (nSPS) is 16.6. The number of aromatic amines is 1. The number of alkyl halides is 6. The van der Waals surface area contributed by atoms with Crippen LogP contribution in [0.15, 0.2) is 52.5 Å². The van der Waals surface area contributed by atoms with Crippen LogP contribution in [0.2, 0.25) is 0 Å². The Labute approximate surface area is 213 Å². The maximum absolute atomic E-state index is 13.5. The van der Waals surface area contributed by atoms with E-state index in [-0.39, 0.29) is 24.1 Å². The third-order valence-corrected chi connectivity index (χ3v) is 6.38. The molecule has 0 atom stereocenters. The molecule has 0 radical (unpaired) electrons. The Morgan fingerprint density at radius 1 is 1.05 bits per heavy atom. The SMILES string of the molecule is O=C1NC(=NCc2nn[nH]n2)S/C1=C\c1ccc2c(cnn2Cc2ccc(C(F)(F)F)cc2C(F)(F)F)c1. The summed E-state index contributed by atoms with van der Waals surface area (Å²) in [6.07, 6.45) is -6.84. The highest BCUT2D eigenvalue weighted by molar-refractivity contribution is 8.18. The molecule has 196 valence electrons. The number of carbonyl (C=O) groups is 1. The molecule has 0 bridgehead atoms. The molecule has 1 aliphatic heterocycles. The monoisotopic (exact) mass is 552 g/mol. The van der Waals surface area contributed by atoms with Crippen molar-refractivity contribution >= 4 is 39.8 Å². The van der Waals surface area contributed by atoms with Crippen molar-refractivity contribution in [2.24, 2.45) is 4.99 Å². The zero-order valence-electron chi connectivity index (χ0n) is 18.8. The van der Waals surface area contributed by atoms with Crippen molar-refractivity contribution in [2.45, 2.75) is 25.4 Å². The summed E-state index contributed by atoms with van der Waals surface area (Å²) in [5.41, 5.74) is -2.02. The van der Waals surface area contributed by atoms with Gasteiger partial charge in [0.2, 0.25) is 0 Å². The predicted molar refractivity (Wildman–Crippen MR) is 124 cm³/mol. The molecule has 1 saturated heterocycles. The van der Waals surface area contributed by atoms with Crippen molar-refractivity contribution in [1.29, 1.82) is 0 Å². The van der Waals surface area contributed by atoms with Crippen LogP contribution in [0.1, 0.15) is 28.1 Å². The van der Waals surface area contributed by atoms with Gasteiger partial charge in [0.25, 0.3) is 5.91 Å². The van der Waals surface area contributed by atoms with Crippen molar-refractivity contribution in [2.75, 3.05) is 0 Å². The number of thioether (sulfide) groups is 1. The van der Waals surface area contributed by atoms with E-state index in [0.717, 1.165) is 17.8 Å². The Kier molecular flexibility index (Phi) is 6.42. The lowest BCUT2D eigenvalue weighted by Gasteiger charge is -2.16. The van der Waals surface area contributed by atoms with Crippen LogP contribution in [0.3, 0.4) is 0 Å². The summed E-state index contributed by atoms with van der Waals surface area (Å²) < 4.78 is 80.8. The number of tetrazole rings is 1. The molecule has 0 aliphatic carbocycles. The van der Waals surface area contributed by atoms with Crippen molar-refractivity contribution in [1.82, 2.24) is 35.7 Å². The van der Waals surface area contributed by atoms with Gasteiger partial charge >= 0.3 is 12.4 Å². The van der Waals surface area contributed by atoms with Gasteiger partial charge in [-0.05, 0) is 53.2 Å². The second-order valence-electron chi connectivity index (χ2n) is 8.00. The van der Waals surface area contributed by atoms with Crippen LogP contribution >= 0.6 is 11.8 Å². The maximum atomic E-state index is 13.5. The summed E-state index contributed by atoms with van der Waals surface area (Å²) in [5, 5.41) is 20.9. The molecule has 5 rings (SSSR count). The lowest BCUT2D eigenvalue weighted by molar-refractivity contribution is -0.143. The fourth-order valence-electron chi connectivity index (χ4n) is 3.68. The van der Waals surface area contributed by atoms with E-state index >= 15 is 0 Å². The Morgan fingerprint density at radius 2 is 1.87 bits per heavy atom. The second kappa shape index (κ2) is 9.59. The minimum atomic E-state index is -4.98. The number of aliphatic imine (C=N–C) groups is 1. The lowest BCUT2D eigenvalue weighted by atomic mass is 10.0. The van der Waals surface area contributed by atoms with Crippen LogP contribution in [-0.2, 0) is 30.2 Å². The van der Waals surface area contributed by atoms with E-state index < -0.39 is 30.0 Å². The van der Waals surface area contributed by atoms with E-state index in [1.54, 1.807) is 24.3 Å². The largest absolute Gasteiger partial charge is 0.416 e. The molecule has 4 aromatic rings. The average molecular weight is 552 g/mol. The van der Waals surface area contributed by atoms with Crippen LogP contribution in [0.25, 0.3) is 17.0 Å². The number of benzene rings is 2. The molecule has 9 nitrogen and oxygen atoms in total. The Balaban J connectivity index is 1.38. The smallest absolute Gasteiger partial charge is 0.301 e. The van der Waals surface area contributed by atoms with E-state index in [4.69, 9.17) is 0 Å². The van der Waals surface area contributed by atoms with Crippen molar-refractivity contribution in [3.05, 3.63) is 75.6 Å². The van der Waals surface area contributed by atoms with Gasteiger partial charge in [0.15, 0.2) is 11.0 Å². The number of amides is 1. The summed E-state index contributed by atoms with van der Waals surface area (Å²) in [6.45, 7) is -0.276. The van der Waals surface area contributed by atoms with Gasteiger partial charge in [-0.25, -0.2) is 0 Å². The molecule has 16 heteroatoms. The number of H-pyrrole nitrogens is 1. The first-order chi connectivity index (χ1) is 18.0. The summed E-state index contributed by atoms with van der Waals surface area (Å²) in [6, 6.07) is 6.47. The van der Waals surface area contributed by atoms with Crippen molar-refractivity contribution in [3.8, 4) is 0 Å². The zero-order valence-corrected chi connectivity index (χ0v) is 19.6.